The van der Waals surface area contributed by atoms with Gasteiger partial charge in [0.2, 0.25) is 0 Å². The van der Waals surface area contributed by atoms with Crippen LogP contribution in [-0.2, 0) is 9.53 Å². The van der Waals surface area contributed by atoms with E-state index in [1.54, 1.807) is 31.2 Å². The summed E-state index contributed by atoms with van der Waals surface area (Å²) in [6.45, 7) is 2.18. The summed E-state index contributed by atoms with van der Waals surface area (Å²) < 4.78 is 4.83. The Balaban J connectivity index is 2.23. The van der Waals surface area contributed by atoms with Crippen molar-refractivity contribution in [1.82, 2.24) is 4.90 Å². The van der Waals surface area contributed by atoms with Crippen LogP contribution in [0.2, 0.25) is 5.02 Å². The monoisotopic (exact) mass is 351 g/mol. The minimum atomic E-state index is -0.346. The number of esters is 1. The van der Waals surface area contributed by atoms with Crippen molar-refractivity contribution in [3.8, 4) is 0 Å². The lowest BCUT2D eigenvalue weighted by Crippen LogP contribution is -2.44. The third-order valence-electron chi connectivity index (χ3n) is 4.67. The summed E-state index contributed by atoms with van der Waals surface area (Å²) in [5, 5.41) is 0.544. The van der Waals surface area contributed by atoms with Crippen molar-refractivity contribution >= 4 is 23.5 Å². The Kier molecular flexibility index (Phi) is 7.10. The third kappa shape index (κ3) is 4.97. The van der Waals surface area contributed by atoms with Crippen molar-refractivity contribution in [3.05, 3.63) is 34.9 Å². The van der Waals surface area contributed by atoms with Crippen molar-refractivity contribution < 1.29 is 14.3 Å². The summed E-state index contributed by atoms with van der Waals surface area (Å²) in [7, 11) is 1.38. The predicted molar refractivity (Wildman–Crippen MR) is 95.2 cm³/mol. The highest BCUT2D eigenvalue weighted by atomic mass is 35.5. The highest BCUT2D eigenvalue weighted by molar-refractivity contribution is 6.30. The molecular weight excluding hydrogens is 326 g/mol. The molecule has 1 atom stereocenters. The Labute approximate surface area is 149 Å². The van der Waals surface area contributed by atoms with Crippen LogP contribution in [0.5, 0.6) is 0 Å². The number of methoxy groups -OCH3 is 1. The van der Waals surface area contributed by atoms with Crippen molar-refractivity contribution in [3.63, 3.8) is 0 Å². The van der Waals surface area contributed by atoms with Crippen molar-refractivity contribution in [2.24, 2.45) is 5.92 Å². The minimum absolute atomic E-state index is 0.0554. The number of halogens is 1. The molecule has 0 spiro atoms. The van der Waals surface area contributed by atoms with Crippen LogP contribution in [0, 0.1) is 5.92 Å². The van der Waals surface area contributed by atoms with Gasteiger partial charge in [0.1, 0.15) is 0 Å². The average Bonchev–Trinajstić information content (AvgIpc) is 2.87. The Bertz CT molecular complexity index is 567. The molecule has 0 aliphatic heterocycles. The summed E-state index contributed by atoms with van der Waals surface area (Å²) in [6.07, 6.45) is 6.64. The van der Waals surface area contributed by atoms with E-state index in [1.807, 2.05) is 4.90 Å². The highest BCUT2D eigenvalue weighted by Gasteiger charge is 2.29. The second-order valence-corrected chi connectivity index (χ2v) is 6.97. The molecule has 24 heavy (non-hydrogen) atoms. The van der Waals surface area contributed by atoms with Crippen molar-refractivity contribution in [2.75, 3.05) is 13.7 Å². The van der Waals surface area contributed by atoms with E-state index in [0.29, 0.717) is 17.1 Å². The molecule has 4 nitrogen and oxygen atoms in total. The van der Waals surface area contributed by atoms with Crippen LogP contribution < -0.4 is 0 Å². The second kappa shape index (κ2) is 9.07. The van der Waals surface area contributed by atoms with E-state index < -0.39 is 0 Å². The van der Waals surface area contributed by atoms with Gasteiger partial charge < -0.3 is 9.64 Å². The number of carbonyl (C=O) groups excluding carboxylic acids is 2. The number of carbonyl (C=O) groups is 2. The molecule has 1 saturated carbocycles. The molecule has 1 amide bonds. The van der Waals surface area contributed by atoms with Crippen LogP contribution in [-0.4, -0.2) is 36.5 Å². The molecule has 0 bridgehead atoms. The van der Waals surface area contributed by atoms with E-state index in [4.69, 9.17) is 16.3 Å². The molecule has 1 aliphatic rings. The molecule has 0 heterocycles. The first kappa shape index (κ1) is 18.8. The Hall–Kier alpha value is -1.55. The predicted octanol–water partition coefficient (Wildman–Crippen LogP) is 4.31. The molecule has 5 heteroatoms. The first-order chi connectivity index (χ1) is 11.5. The fraction of sp³-hybridized carbons (Fsp3) is 0.579. The average molecular weight is 352 g/mol. The lowest BCUT2D eigenvalue weighted by atomic mass is 10.0. The molecule has 132 valence electrons. The van der Waals surface area contributed by atoms with E-state index in [0.717, 1.165) is 25.7 Å². The zero-order chi connectivity index (χ0) is 17.5. The minimum Gasteiger partial charge on any atom is -0.469 e. The molecule has 1 aliphatic carbocycles. The Morgan fingerprint density at radius 3 is 2.50 bits per heavy atom. The number of amides is 1. The van der Waals surface area contributed by atoms with Gasteiger partial charge >= 0.3 is 5.97 Å². The Morgan fingerprint density at radius 1 is 1.25 bits per heavy atom. The topological polar surface area (TPSA) is 46.6 Å². The van der Waals surface area contributed by atoms with E-state index >= 15 is 0 Å². The van der Waals surface area contributed by atoms with Gasteiger partial charge in [0.05, 0.1) is 13.0 Å². The number of hydrogen-bond donors (Lipinski definition) is 0. The van der Waals surface area contributed by atoms with Gasteiger partial charge in [0, 0.05) is 23.2 Å². The molecular formula is C19H26ClNO3. The largest absolute Gasteiger partial charge is 0.469 e. The van der Waals surface area contributed by atoms with Gasteiger partial charge in [-0.05, 0) is 31.0 Å². The molecule has 0 N–H and O–H groups in total. The summed E-state index contributed by atoms with van der Waals surface area (Å²) in [6, 6.07) is 7.18. The summed E-state index contributed by atoms with van der Waals surface area (Å²) in [5.74, 6) is -0.686. The van der Waals surface area contributed by atoms with Gasteiger partial charge in [-0.3, -0.25) is 9.59 Å². The lowest BCUT2D eigenvalue weighted by molar-refractivity contribution is -0.145. The number of hydrogen-bond acceptors (Lipinski definition) is 3. The van der Waals surface area contributed by atoms with Gasteiger partial charge in [-0.25, -0.2) is 0 Å². The number of benzene rings is 1. The zero-order valence-electron chi connectivity index (χ0n) is 14.5. The first-order valence-corrected chi connectivity index (χ1v) is 9.05. The molecule has 2 rings (SSSR count). The maximum absolute atomic E-state index is 13.1. The van der Waals surface area contributed by atoms with Crippen LogP contribution in [0.4, 0.5) is 0 Å². The maximum Gasteiger partial charge on any atom is 0.310 e. The maximum atomic E-state index is 13.1. The molecule has 0 aromatic heterocycles. The van der Waals surface area contributed by atoms with Gasteiger partial charge in [0.15, 0.2) is 0 Å². The third-order valence-corrected chi connectivity index (χ3v) is 4.91. The molecule has 1 aromatic carbocycles. The van der Waals surface area contributed by atoms with Crippen LogP contribution in [0.25, 0.3) is 0 Å². The van der Waals surface area contributed by atoms with E-state index in [2.05, 4.69) is 0 Å². The molecule has 1 fully saturated rings. The quantitative estimate of drug-likeness (QED) is 0.586. The summed E-state index contributed by atoms with van der Waals surface area (Å²) in [5.41, 5.74) is 0.573. The van der Waals surface area contributed by atoms with Crippen LogP contribution >= 0.6 is 11.6 Å². The van der Waals surface area contributed by atoms with E-state index in [1.165, 1.54) is 20.0 Å². The van der Waals surface area contributed by atoms with E-state index in [-0.39, 0.29) is 23.8 Å². The highest BCUT2D eigenvalue weighted by Crippen LogP contribution is 2.25. The van der Waals surface area contributed by atoms with Gasteiger partial charge in [0.25, 0.3) is 5.91 Å². The number of ether oxygens (including phenoxy) is 1. The SMILES string of the molecule is COC(=O)C(C)CN(C(=O)c1cccc(Cl)c1)C1CCCCCC1. The smallest absolute Gasteiger partial charge is 0.310 e. The number of nitrogens with zero attached hydrogens (tertiary/aromatic N) is 1. The lowest BCUT2D eigenvalue weighted by Gasteiger charge is -2.33. The van der Waals surface area contributed by atoms with Gasteiger partial charge in [-0.15, -0.1) is 0 Å². The second-order valence-electron chi connectivity index (χ2n) is 6.54. The van der Waals surface area contributed by atoms with Crippen molar-refractivity contribution in [2.45, 2.75) is 51.5 Å². The Morgan fingerprint density at radius 2 is 1.92 bits per heavy atom. The molecule has 0 saturated heterocycles. The molecule has 1 unspecified atom stereocenters. The van der Waals surface area contributed by atoms with Gasteiger partial charge in [-0.2, -0.15) is 0 Å². The van der Waals surface area contributed by atoms with Crippen molar-refractivity contribution in [1.29, 1.82) is 0 Å². The van der Waals surface area contributed by atoms with Gasteiger partial charge in [-0.1, -0.05) is 50.3 Å². The van der Waals surface area contributed by atoms with Crippen LogP contribution in [0.15, 0.2) is 24.3 Å². The normalized spacial score (nSPS) is 17.0. The van der Waals surface area contributed by atoms with Crippen LogP contribution in [0.1, 0.15) is 55.8 Å². The van der Waals surface area contributed by atoms with Crippen LogP contribution in [0.3, 0.4) is 0 Å². The summed E-state index contributed by atoms with van der Waals surface area (Å²) in [4.78, 5) is 26.8. The number of rotatable bonds is 5. The van der Waals surface area contributed by atoms with E-state index in [9.17, 15) is 9.59 Å². The fourth-order valence-corrected chi connectivity index (χ4v) is 3.52. The zero-order valence-corrected chi connectivity index (χ0v) is 15.2. The molecule has 0 radical (unpaired) electrons. The summed E-state index contributed by atoms with van der Waals surface area (Å²) >= 11 is 6.04. The first-order valence-electron chi connectivity index (χ1n) is 8.67. The standard InChI is InChI=1S/C19H26ClNO3/c1-14(19(23)24-2)13-21(17-10-5-3-4-6-11-17)18(22)15-8-7-9-16(20)12-15/h7-9,12,14,17H,3-6,10-11,13H2,1-2H3. The fourth-order valence-electron chi connectivity index (χ4n) is 3.33. The molecule has 1 aromatic rings.